The van der Waals surface area contributed by atoms with E-state index in [-0.39, 0.29) is 0 Å². The minimum Gasteiger partial charge on any atom is -0.367 e. The van der Waals surface area contributed by atoms with Crippen LogP contribution in [0.15, 0.2) is 18.6 Å². The van der Waals surface area contributed by atoms with Gasteiger partial charge in [-0.25, -0.2) is 15.0 Å². The van der Waals surface area contributed by atoms with Crippen molar-refractivity contribution in [2.75, 3.05) is 23.3 Å². The Hall–Kier alpha value is -2.11. The van der Waals surface area contributed by atoms with E-state index in [1.807, 2.05) is 0 Å². The van der Waals surface area contributed by atoms with E-state index in [0.29, 0.717) is 12.0 Å². The molecule has 1 saturated carbocycles. The molecule has 1 aliphatic carbocycles. The van der Waals surface area contributed by atoms with E-state index in [4.69, 9.17) is 4.98 Å². The first-order chi connectivity index (χ1) is 12.4. The first-order valence-electron chi connectivity index (χ1n) is 9.74. The average Bonchev–Trinajstić information content (AvgIpc) is 3.37. The third-order valence-electron chi connectivity index (χ3n) is 5.73. The van der Waals surface area contributed by atoms with Crippen LogP contribution in [0, 0.1) is 0 Å². The quantitative estimate of drug-likeness (QED) is 0.929. The Morgan fingerprint density at radius 2 is 1.96 bits per heavy atom. The lowest BCUT2D eigenvalue weighted by atomic mass is 9.96. The van der Waals surface area contributed by atoms with Crippen LogP contribution in [-0.2, 0) is 13.0 Å². The fourth-order valence-corrected chi connectivity index (χ4v) is 4.22. The minimum atomic E-state index is 0.510. The van der Waals surface area contributed by atoms with Gasteiger partial charge in [-0.3, -0.25) is 0 Å². The summed E-state index contributed by atoms with van der Waals surface area (Å²) >= 11 is 0. The van der Waals surface area contributed by atoms with Crippen molar-refractivity contribution in [1.29, 1.82) is 0 Å². The number of nitrogens with one attached hydrogen (secondary N) is 1. The van der Waals surface area contributed by atoms with Crippen LogP contribution in [0.4, 0.5) is 11.6 Å². The molecule has 2 aromatic rings. The van der Waals surface area contributed by atoms with Crippen LogP contribution in [0.1, 0.15) is 56.0 Å². The molecular formula is C19H26N6. The summed E-state index contributed by atoms with van der Waals surface area (Å²) in [6.07, 6.45) is 12.5. The van der Waals surface area contributed by atoms with Gasteiger partial charge < -0.3 is 14.8 Å². The standard InChI is InChI=1S/C19H26N6/c1-2-9-25-16(5-1)11-20-19(25)14-4-3-8-24(12-14)18-10-17(21-13-22-18)23-15-6-7-15/h10-11,13-15H,1-9,12H2,(H,21,22,23)/t14-/m0/s1. The van der Waals surface area contributed by atoms with Crippen molar-refractivity contribution in [3.05, 3.63) is 30.1 Å². The zero-order chi connectivity index (χ0) is 16.6. The van der Waals surface area contributed by atoms with Gasteiger partial charge in [0.2, 0.25) is 0 Å². The maximum Gasteiger partial charge on any atom is 0.134 e. The maximum atomic E-state index is 4.81. The van der Waals surface area contributed by atoms with Crippen LogP contribution in [0.3, 0.4) is 0 Å². The summed E-state index contributed by atoms with van der Waals surface area (Å²) in [5, 5.41) is 3.48. The van der Waals surface area contributed by atoms with Gasteiger partial charge in [-0.1, -0.05) is 0 Å². The second-order valence-electron chi connectivity index (χ2n) is 7.68. The Bertz CT molecular complexity index is 750. The molecule has 4 heterocycles. The molecule has 0 amide bonds. The smallest absolute Gasteiger partial charge is 0.134 e. The predicted octanol–water partition coefficient (Wildman–Crippen LogP) is 2.97. The van der Waals surface area contributed by atoms with Crippen molar-refractivity contribution in [2.45, 2.75) is 63.5 Å². The molecule has 1 N–H and O–H groups in total. The molecule has 6 nitrogen and oxygen atoms in total. The van der Waals surface area contributed by atoms with Crippen LogP contribution >= 0.6 is 0 Å². The van der Waals surface area contributed by atoms with E-state index in [9.17, 15) is 0 Å². The SMILES string of the molecule is c1nc(NC2CC2)cc(N2CCC[C@H](c3ncc4n3CCCC4)C2)n1. The molecule has 0 bridgehead atoms. The molecule has 1 saturated heterocycles. The molecule has 5 rings (SSSR count). The Morgan fingerprint density at radius 1 is 1.00 bits per heavy atom. The van der Waals surface area contributed by atoms with Gasteiger partial charge in [0.05, 0.1) is 0 Å². The number of rotatable bonds is 4. The van der Waals surface area contributed by atoms with Crippen molar-refractivity contribution in [2.24, 2.45) is 0 Å². The van der Waals surface area contributed by atoms with Crippen LogP contribution < -0.4 is 10.2 Å². The van der Waals surface area contributed by atoms with Crippen molar-refractivity contribution < 1.29 is 0 Å². The van der Waals surface area contributed by atoms with Crippen molar-refractivity contribution in [3.8, 4) is 0 Å². The number of fused-ring (bicyclic) bond motifs is 1. The molecule has 0 aromatic carbocycles. The Labute approximate surface area is 148 Å². The maximum absolute atomic E-state index is 4.81. The van der Waals surface area contributed by atoms with E-state index < -0.39 is 0 Å². The Morgan fingerprint density at radius 3 is 2.88 bits per heavy atom. The van der Waals surface area contributed by atoms with Crippen molar-refractivity contribution in [1.82, 2.24) is 19.5 Å². The summed E-state index contributed by atoms with van der Waals surface area (Å²) in [5.41, 5.74) is 1.43. The van der Waals surface area contributed by atoms with Gasteiger partial charge in [0.25, 0.3) is 0 Å². The van der Waals surface area contributed by atoms with Crippen molar-refractivity contribution >= 4 is 11.6 Å². The van der Waals surface area contributed by atoms with Gasteiger partial charge in [0.15, 0.2) is 0 Å². The van der Waals surface area contributed by atoms with Crippen LogP contribution in [0.2, 0.25) is 0 Å². The largest absolute Gasteiger partial charge is 0.367 e. The van der Waals surface area contributed by atoms with Crippen molar-refractivity contribution in [3.63, 3.8) is 0 Å². The highest BCUT2D eigenvalue weighted by atomic mass is 15.2. The van der Waals surface area contributed by atoms with E-state index in [1.165, 1.54) is 56.5 Å². The highest BCUT2D eigenvalue weighted by Crippen LogP contribution is 2.31. The third-order valence-corrected chi connectivity index (χ3v) is 5.73. The Kier molecular flexibility index (Phi) is 3.83. The van der Waals surface area contributed by atoms with Gasteiger partial charge >= 0.3 is 0 Å². The van der Waals surface area contributed by atoms with Gasteiger partial charge in [-0.2, -0.15) is 0 Å². The lowest BCUT2D eigenvalue weighted by Crippen LogP contribution is -2.36. The zero-order valence-corrected chi connectivity index (χ0v) is 14.7. The predicted molar refractivity (Wildman–Crippen MR) is 98.0 cm³/mol. The molecule has 25 heavy (non-hydrogen) atoms. The number of aryl methyl sites for hydroxylation is 1. The van der Waals surface area contributed by atoms with E-state index in [1.54, 1.807) is 6.33 Å². The fourth-order valence-electron chi connectivity index (χ4n) is 4.22. The molecule has 0 unspecified atom stereocenters. The van der Waals surface area contributed by atoms with Crippen LogP contribution in [0.25, 0.3) is 0 Å². The molecule has 3 aliphatic rings. The summed E-state index contributed by atoms with van der Waals surface area (Å²) in [7, 11) is 0. The van der Waals surface area contributed by atoms with Crippen LogP contribution in [-0.4, -0.2) is 38.7 Å². The van der Waals surface area contributed by atoms with E-state index in [2.05, 4.69) is 37.0 Å². The summed E-state index contributed by atoms with van der Waals surface area (Å²) in [5.74, 6) is 3.82. The van der Waals surface area contributed by atoms with E-state index >= 15 is 0 Å². The number of hydrogen-bond acceptors (Lipinski definition) is 5. The first-order valence-corrected chi connectivity index (χ1v) is 9.74. The number of hydrogen-bond donors (Lipinski definition) is 1. The van der Waals surface area contributed by atoms with Gasteiger partial charge in [-0.05, 0) is 44.9 Å². The molecule has 0 radical (unpaired) electrons. The number of imidazole rings is 1. The lowest BCUT2D eigenvalue weighted by Gasteiger charge is -2.34. The molecule has 6 heteroatoms. The van der Waals surface area contributed by atoms with Gasteiger partial charge in [0.1, 0.15) is 23.8 Å². The summed E-state index contributed by atoms with van der Waals surface area (Å²) in [6.45, 7) is 3.23. The van der Waals surface area contributed by atoms with Crippen LogP contribution in [0.5, 0.6) is 0 Å². The highest BCUT2D eigenvalue weighted by Gasteiger charge is 2.28. The molecule has 2 fully saturated rings. The lowest BCUT2D eigenvalue weighted by molar-refractivity contribution is 0.444. The molecule has 2 aromatic heterocycles. The summed E-state index contributed by atoms with van der Waals surface area (Å²) in [6, 6.07) is 2.73. The fraction of sp³-hybridized carbons (Fsp3) is 0.632. The summed E-state index contributed by atoms with van der Waals surface area (Å²) < 4.78 is 2.48. The highest BCUT2D eigenvalue weighted by molar-refractivity contribution is 5.50. The number of aromatic nitrogens is 4. The molecule has 0 spiro atoms. The second kappa shape index (κ2) is 6.32. The number of piperidine rings is 1. The molecular weight excluding hydrogens is 312 g/mol. The normalized spacial score (nSPS) is 23.4. The van der Waals surface area contributed by atoms with Gasteiger partial charge in [-0.15, -0.1) is 0 Å². The zero-order valence-electron chi connectivity index (χ0n) is 14.7. The monoisotopic (exact) mass is 338 g/mol. The first kappa shape index (κ1) is 15.2. The van der Waals surface area contributed by atoms with E-state index in [0.717, 1.165) is 31.3 Å². The third kappa shape index (κ3) is 3.10. The molecule has 2 aliphatic heterocycles. The summed E-state index contributed by atoms with van der Waals surface area (Å²) in [4.78, 5) is 16.1. The minimum absolute atomic E-state index is 0.510. The molecule has 1 atom stereocenters. The topological polar surface area (TPSA) is 58.9 Å². The number of anilines is 2. The second-order valence-corrected chi connectivity index (χ2v) is 7.68. The Balaban J connectivity index is 1.35. The average molecular weight is 338 g/mol. The van der Waals surface area contributed by atoms with Gasteiger partial charge in [0, 0.05) is 49.6 Å². The number of nitrogens with zero attached hydrogens (tertiary/aromatic N) is 5. The molecule has 132 valence electrons.